The van der Waals surface area contributed by atoms with Crippen LogP contribution in [-0.2, 0) is 22.1 Å². The number of methoxy groups -OCH3 is 1. The van der Waals surface area contributed by atoms with Crippen LogP contribution < -0.4 is 4.90 Å². The van der Waals surface area contributed by atoms with Crippen LogP contribution in [0.25, 0.3) is 0 Å². The normalized spacial score (nSPS) is 16.6. The molecule has 0 atom stereocenters. The predicted molar refractivity (Wildman–Crippen MR) is 77.4 cm³/mol. The first-order valence-electron chi connectivity index (χ1n) is 7.38. The van der Waals surface area contributed by atoms with Gasteiger partial charge in [-0.25, -0.2) is 4.98 Å². The second-order valence-corrected chi connectivity index (χ2v) is 5.49. The Morgan fingerprint density at radius 2 is 2.04 bits per heavy atom. The number of aryl methyl sites for hydroxylation is 1. The number of hydrogen-bond donors (Lipinski definition) is 1. The summed E-state index contributed by atoms with van der Waals surface area (Å²) in [6.07, 6.45) is -3.02. The number of aliphatic carboxylic acids is 1. The lowest BCUT2D eigenvalue weighted by molar-refractivity contribution is -0.141. The van der Waals surface area contributed by atoms with Gasteiger partial charge in [-0.1, -0.05) is 6.07 Å². The minimum atomic E-state index is -4.52. The number of carbonyl (C=O) groups is 1. The molecule has 8 heteroatoms. The first-order valence-corrected chi connectivity index (χ1v) is 7.38. The number of halogens is 3. The molecule has 0 radical (unpaired) electrons. The van der Waals surface area contributed by atoms with Gasteiger partial charge in [-0.15, -0.1) is 0 Å². The molecule has 0 spiro atoms. The fourth-order valence-electron chi connectivity index (χ4n) is 2.65. The summed E-state index contributed by atoms with van der Waals surface area (Å²) in [5.74, 6) is -0.760. The monoisotopic (exact) mass is 332 g/mol. The molecule has 0 amide bonds. The van der Waals surface area contributed by atoms with E-state index in [9.17, 15) is 18.0 Å². The largest absolute Gasteiger partial charge is 0.481 e. The van der Waals surface area contributed by atoms with E-state index in [1.165, 1.54) is 6.07 Å². The van der Waals surface area contributed by atoms with E-state index in [1.807, 2.05) is 0 Å². The molecule has 1 aliphatic heterocycles. The van der Waals surface area contributed by atoms with E-state index in [-0.39, 0.29) is 24.8 Å². The number of anilines is 1. The van der Waals surface area contributed by atoms with Crippen molar-refractivity contribution in [3.8, 4) is 0 Å². The van der Waals surface area contributed by atoms with E-state index in [0.29, 0.717) is 31.5 Å². The fourth-order valence-corrected chi connectivity index (χ4v) is 2.65. The van der Waals surface area contributed by atoms with E-state index < -0.39 is 17.8 Å². The van der Waals surface area contributed by atoms with E-state index in [0.717, 1.165) is 6.07 Å². The molecule has 0 aromatic carbocycles. The highest BCUT2D eigenvalue weighted by molar-refractivity contribution is 5.67. The molecule has 2 heterocycles. The summed E-state index contributed by atoms with van der Waals surface area (Å²) in [4.78, 5) is 16.3. The average molecular weight is 332 g/mol. The van der Waals surface area contributed by atoms with Gasteiger partial charge in [0.15, 0.2) is 0 Å². The number of piperidine rings is 1. The van der Waals surface area contributed by atoms with E-state index in [4.69, 9.17) is 9.84 Å². The molecule has 1 fully saturated rings. The minimum absolute atomic E-state index is 0.0968. The molecule has 2 rings (SSSR count). The molecule has 128 valence electrons. The molecule has 1 aromatic heterocycles. The van der Waals surface area contributed by atoms with Gasteiger partial charge in [0, 0.05) is 26.6 Å². The third-order valence-electron chi connectivity index (χ3n) is 3.93. The standard InChI is InChI=1S/C15H19F3N2O3/c1-23-11-6-8-20(9-7-11)14-10(3-5-13(21)22)2-4-12(19-14)15(16,17)18/h2,4,11H,3,5-9H2,1H3,(H,21,22). The Hall–Kier alpha value is -1.83. The average Bonchev–Trinajstić information content (AvgIpc) is 2.52. The minimum Gasteiger partial charge on any atom is -0.481 e. The highest BCUT2D eigenvalue weighted by Crippen LogP contribution is 2.32. The number of hydrogen-bond acceptors (Lipinski definition) is 4. The van der Waals surface area contributed by atoms with Gasteiger partial charge in [0.1, 0.15) is 11.5 Å². The van der Waals surface area contributed by atoms with Crippen LogP contribution in [0.3, 0.4) is 0 Å². The Labute approximate surface area is 132 Å². The molecule has 5 nitrogen and oxygen atoms in total. The van der Waals surface area contributed by atoms with E-state index in [1.54, 1.807) is 12.0 Å². The van der Waals surface area contributed by atoms with Crippen molar-refractivity contribution in [2.45, 2.75) is 38.0 Å². The Morgan fingerprint density at radius 1 is 1.39 bits per heavy atom. The van der Waals surface area contributed by atoms with Gasteiger partial charge >= 0.3 is 12.1 Å². The number of carboxylic acids is 1. The number of pyridine rings is 1. The lowest BCUT2D eigenvalue weighted by atomic mass is 10.0. The third-order valence-corrected chi connectivity index (χ3v) is 3.93. The zero-order valence-corrected chi connectivity index (χ0v) is 12.8. The highest BCUT2D eigenvalue weighted by Gasteiger charge is 2.34. The SMILES string of the molecule is COC1CCN(c2nc(C(F)(F)F)ccc2CCC(=O)O)CC1. The van der Waals surface area contributed by atoms with Crippen LogP contribution in [0.4, 0.5) is 19.0 Å². The lowest BCUT2D eigenvalue weighted by Gasteiger charge is -2.33. The molecule has 0 aliphatic carbocycles. The van der Waals surface area contributed by atoms with Crippen molar-refractivity contribution < 1.29 is 27.8 Å². The van der Waals surface area contributed by atoms with Crippen molar-refractivity contribution in [1.82, 2.24) is 4.98 Å². The van der Waals surface area contributed by atoms with Crippen molar-refractivity contribution in [1.29, 1.82) is 0 Å². The van der Waals surface area contributed by atoms with Crippen LogP contribution in [0.1, 0.15) is 30.5 Å². The number of carboxylic acid groups (broad SMARTS) is 1. The first-order chi connectivity index (χ1) is 10.8. The molecule has 23 heavy (non-hydrogen) atoms. The number of rotatable bonds is 5. The molecule has 1 N–H and O–H groups in total. The van der Waals surface area contributed by atoms with E-state index >= 15 is 0 Å². The molecule has 1 aliphatic rings. The van der Waals surface area contributed by atoms with Gasteiger partial charge in [0.05, 0.1) is 6.10 Å². The van der Waals surface area contributed by atoms with Crippen molar-refractivity contribution in [3.05, 3.63) is 23.4 Å². The summed E-state index contributed by atoms with van der Waals surface area (Å²) in [5, 5.41) is 8.80. The van der Waals surface area contributed by atoms with Crippen LogP contribution in [0.2, 0.25) is 0 Å². The smallest absolute Gasteiger partial charge is 0.433 e. The molecule has 1 saturated heterocycles. The molecule has 0 unspecified atom stereocenters. The molecular formula is C15H19F3N2O3. The van der Waals surface area contributed by atoms with Gasteiger partial charge < -0.3 is 14.7 Å². The van der Waals surface area contributed by atoms with Crippen molar-refractivity contribution in [3.63, 3.8) is 0 Å². The number of nitrogens with zero attached hydrogens (tertiary/aromatic N) is 2. The Morgan fingerprint density at radius 3 is 2.57 bits per heavy atom. The zero-order valence-electron chi connectivity index (χ0n) is 12.8. The molecule has 1 aromatic rings. The van der Waals surface area contributed by atoms with Crippen molar-refractivity contribution in [2.75, 3.05) is 25.1 Å². The van der Waals surface area contributed by atoms with E-state index in [2.05, 4.69) is 4.98 Å². The summed E-state index contributed by atoms with van der Waals surface area (Å²) < 4.78 is 44.0. The Bertz CT molecular complexity index is 555. The van der Waals surface area contributed by atoms with Gasteiger partial charge in [0.25, 0.3) is 0 Å². The predicted octanol–water partition coefficient (Wildman–Crippen LogP) is 2.73. The topological polar surface area (TPSA) is 62.7 Å². The summed E-state index contributed by atoms with van der Waals surface area (Å²) in [5.41, 5.74) is -0.434. The van der Waals surface area contributed by atoms with Crippen LogP contribution in [0.5, 0.6) is 0 Å². The molecule has 0 saturated carbocycles. The van der Waals surface area contributed by atoms with Crippen molar-refractivity contribution in [2.24, 2.45) is 0 Å². The highest BCUT2D eigenvalue weighted by atomic mass is 19.4. The maximum absolute atomic E-state index is 12.9. The maximum Gasteiger partial charge on any atom is 0.433 e. The third kappa shape index (κ3) is 4.57. The van der Waals surface area contributed by atoms with Gasteiger partial charge in [-0.3, -0.25) is 4.79 Å². The van der Waals surface area contributed by atoms with Gasteiger partial charge in [-0.2, -0.15) is 13.2 Å². The zero-order chi connectivity index (χ0) is 17.0. The van der Waals surface area contributed by atoms with Crippen LogP contribution in [0, 0.1) is 0 Å². The van der Waals surface area contributed by atoms with Crippen molar-refractivity contribution >= 4 is 11.8 Å². The summed E-state index contributed by atoms with van der Waals surface area (Å²) in [7, 11) is 1.61. The summed E-state index contributed by atoms with van der Waals surface area (Å²) >= 11 is 0. The van der Waals surface area contributed by atoms with Gasteiger partial charge in [-0.05, 0) is 30.9 Å². The summed E-state index contributed by atoms with van der Waals surface area (Å²) in [6.45, 7) is 1.07. The quantitative estimate of drug-likeness (QED) is 0.898. The second-order valence-electron chi connectivity index (χ2n) is 5.49. The lowest BCUT2D eigenvalue weighted by Crippen LogP contribution is -2.38. The Balaban J connectivity index is 2.27. The van der Waals surface area contributed by atoms with Crippen LogP contribution in [0.15, 0.2) is 12.1 Å². The maximum atomic E-state index is 12.9. The summed E-state index contributed by atoms with van der Waals surface area (Å²) in [6, 6.07) is 2.24. The molecule has 0 bridgehead atoms. The van der Waals surface area contributed by atoms with Gasteiger partial charge in [0.2, 0.25) is 0 Å². The first kappa shape index (κ1) is 17.5. The number of ether oxygens (including phenoxy) is 1. The second kappa shape index (κ2) is 7.16. The molecular weight excluding hydrogens is 313 g/mol. The van der Waals surface area contributed by atoms with Crippen LogP contribution in [-0.4, -0.2) is 42.4 Å². The Kier molecular flexibility index (Phi) is 5.46. The van der Waals surface area contributed by atoms with Crippen LogP contribution >= 0.6 is 0 Å². The fraction of sp³-hybridized carbons (Fsp3) is 0.600. The number of aromatic nitrogens is 1. The number of alkyl halides is 3.